The SMILES string of the molecule is CSCCC(C)Nc1ccncn1. The van der Waals surface area contributed by atoms with Gasteiger partial charge in [-0.2, -0.15) is 11.8 Å². The van der Waals surface area contributed by atoms with Crippen LogP contribution in [0, 0.1) is 0 Å². The summed E-state index contributed by atoms with van der Waals surface area (Å²) in [5, 5.41) is 3.31. The fourth-order valence-corrected chi connectivity index (χ4v) is 1.58. The highest BCUT2D eigenvalue weighted by atomic mass is 32.2. The van der Waals surface area contributed by atoms with Gasteiger partial charge >= 0.3 is 0 Å². The Morgan fingerprint density at radius 2 is 2.46 bits per heavy atom. The minimum atomic E-state index is 0.474. The van der Waals surface area contributed by atoms with E-state index in [1.807, 2.05) is 17.8 Å². The van der Waals surface area contributed by atoms with Crippen LogP contribution in [0.3, 0.4) is 0 Å². The van der Waals surface area contributed by atoms with Crippen LogP contribution in [0.1, 0.15) is 13.3 Å². The van der Waals surface area contributed by atoms with Crippen molar-refractivity contribution in [1.82, 2.24) is 9.97 Å². The Bertz CT molecular complexity index is 228. The predicted octanol–water partition coefficient (Wildman–Crippen LogP) is 2.03. The Hall–Kier alpha value is -0.770. The molecule has 1 atom stereocenters. The van der Waals surface area contributed by atoms with Crippen molar-refractivity contribution in [2.45, 2.75) is 19.4 Å². The molecule has 0 bridgehead atoms. The average molecular weight is 197 g/mol. The molecule has 0 aliphatic carbocycles. The first-order chi connectivity index (χ1) is 6.33. The second-order valence-corrected chi connectivity index (χ2v) is 3.91. The molecule has 0 amide bonds. The number of nitrogens with one attached hydrogen (secondary N) is 1. The average Bonchev–Trinajstić information content (AvgIpc) is 2.16. The van der Waals surface area contributed by atoms with Crippen LogP contribution in [0.25, 0.3) is 0 Å². The van der Waals surface area contributed by atoms with Gasteiger partial charge in [-0.25, -0.2) is 9.97 Å². The van der Waals surface area contributed by atoms with Crippen LogP contribution in [-0.2, 0) is 0 Å². The molecule has 0 spiro atoms. The van der Waals surface area contributed by atoms with Crippen LogP contribution in [0.5, 0.6) is 0 Å². The second kappa shape index (κ2) is 5.80. The van der Waals surface area contributed by atoms with Crippen LogP contribution in [0.2, 0.25) is 0 Å². The Labute approximate surface area is 83.4 Å². The largest absolute Gasteiger partial charge is 0.367 e. The minimum Gasteiger partial charge on any atom is -0.367 e. The van der Waals surface area contributed by atoms with Crippen LogP contribution < -0.4 is 5.32 Å². The molecule has 0 fully saturated rings. The van der Waals surface area contributed by atoms with Gasteiger partial charge in [-0.1, -0.05) is 0 Å². The number of aromatic nitrogens is 2. The Morgan fingerprint density at radius 3 is 3.08 bits per heavy atom. The summed E-state index contributed by atoms with van der Waals surface area (Å²) in [4.78, 5) is 7.96. The van der Waals surface area contributed by atoms with E-state index in [9.17, 15) is 0 Å². The number of rotatable bonds is 5. The third kappa shape index (κ3) is 4.12. The first-order valence-electron chi connectivity index (χ1n) is 4.34. The molecule has 3 nitrogen and oxygen atoms in total. The molecule has 0 radical (unpaired) electrons. The highest BCUT2D eigenvalue weighted by molar-refractivity contribution is 7.98. The van der Waals surface area contributed by atoms with E-state index < -0.39 is 0 Å². The first-order valence-corrected chi connectivity index (χ1v) is 5.74. The lowest BCUT2D eigenvalue weighted by Crippen LogP contribution is -2.16. The van der Waals surface area contributed by atoms with Gasteiger partial charge in [0.05, 0.1) is 0 Å². The summed E-state index contributed by atoms with van der Waals surface area (Å²) < 4.78 is 0. The molecule has 0 saturated carbocycles. The van der Waals surface area contributed by atoms with Crippen molar-refractivity contribution in [3.8, 4) is 0 Å². The molecule has 13 heavy (non-hydrogen) atoms. The van der Waals surface area contributed by atoms with Gasteiger partial charge in [0, 0.05) is 12.2 Å². The molecule has 1 aromatic rings. The van der Waals surface area contributed by atoms with E-state index >= 15 is 0 Å². The van der Waals surface area contributed by atoms with Gasteiger partial charge in [0.1, 0.15) is 12.1 Å². The molecule has 0 aliphatic rings. The number of hydrogen-bond donors (Lipinski definition) is 1. The molecule has 0 aromatic carbocycles. The summed E-state index contributed by atoms with van der Waals surface area (Å²) in [6.07, 6.45) is 6.59. The lowest BCUT2D eigenvalue weighted by Gasteiger charge is -2.12. The maximum Gasteiger partial charge on any atom is 0.129 e. The monoisotopic (exact) mass is 197 g/mol. The van der Waals surface area contributed by atoms with Gasteiger partial charge < -0.3 is 5.32 Å². The molecule has 72 valence electrons. The molecule has 1 aromatic heterocycles. The molecule has 1 heterocycles. The third-order valence-electron chi connectivity index (χ3n) is 1.73. The summed E-state index contributed by atoms with van der Waals surface area (Å²) in [6, 6.07) is 2.36. The standard InChI is InChI=1S/C9H15N3S/c1-8(4-6-13-2)12-9-3-5-10-7-11-9/h3,5,7-8H,4,6H2,1-2H3,(H,10,11,12). The third-order valence-corrected chi connectivity index (χ3v) is 2.38. The van der Waals surface area contributed by atoms with E-state index in [4.69, 9.17) is 0 Å². The van der Waals surface area contributed by atoms with E-state index in [0.29, 0.717) is 6.04 Å². The molecule has 1 rings (SSSR count). The summed E-state index contributed by atoms with van der Waals surface area (Å²) in [5.74, 6) is 2.09. The van der Waals surface area contributed by atoms with E-state index in [1.54, 1.807) is 12.5 Å². The van der Waals surface area contributed by atoms with E-state index in [0.717, 1.165) is 12.2 Å². The topological polar surface area (TPSA) is 37.8 Å². The molecular formula is C9H15N3S. The molecule has 1 unspecified atom stereocenters. The lowest BCUT2D eigenvalue weighted by atomic mass is 10.2. The summed E-state index contributed by atoms with van der Waals surface area (Å²) in [5.41, 5.74) is 0. The summed E-state index contributed by atoms with van der Waals surface area (Å²) >= 11 is 1.87. The van der Waals surface area contributed by atoms with Crippen molar-refractivity contribution in [3.63, 3.8) is 0 Å². The zero-order chi connectivity index (χ0) is 9.52. The summed E-state index contributed by atoms with van der Waals surface area (Å²) in [6.45, 7) is 2.17. The smallest absolute Gasteiger partial charge is 0.129 e. The van der Waals surface area contributed by atoms with Crippen molar-refractivity contribution < 1.29 is 0 Å². The maximum atomic E-state index is 4.10. The van der Waals surface area contributed by atoms with Gasteiger partial charge in [-0.3, -0.25) is 0 Å². The Morgan fingerprint density at radius 1 is 1.62 bits per heavy atom. The van der Waals surface area contributed by atoms with Crippen LogP contribution in [-0.4, -0.2) is 28.0 Å². The normalized spacial score (nSPS) is 12.5. The van der Waals surface area contributed by atoms with Crippen LogP contribution in [0.4, 0.5) is 5.82 Å². The second-order valence-electron chi connectivity index (χ2n) is 2.92. The molecular weight excluding hydrogens is 182 g/mol. The minimum absolute atomic E-state index is 0.474. The number of anilines is 1. The van der Waals surface area contributed by atoms with E-state index in [2.05, 4.69) is 28.5 Å². The number of thioether (sulfide) groups is 1. The summed E-state index contributed by atoms with van der Waals surface area (Å²) in [7, 11) is 0. The highest BCUT2D eigenvalue weighted by Gasteiger charge is 2.00. The zero-order valence-electron chi connectivity index (χ0n) is 8.03. The number of nitrogens with zero attached hydrogens (tertiary/aromatic N) is 2. The predicted molar refractivity (Wildman–Crippen MR) is 58.1 cm³/mol. The van der Waals surface area contributed by atoms with Gasteiger partial charge in [-0.15, -0.1) is 0 Å². The van der Waals surface area contributed by atoms with Crippen molar-refractivity contribution in [3.05, 3.63) is 18.6 Å². The van der Waals surface area contributed by atoms with E-state index in [-0.39, 0.29) is 0 Å². The Balaban J connectivity index is 2.32. The Kier molecular flexibility index (Phi) is 4.60. The maximum absolute atomic E-state index is 4.10. The van der Waals surface area contributed by atoms with Crippen molar-refractivity contribution in [2.24, 2.45) is 0 Å². The molecule has 0 saturated heterocycles. The van der Waals surface area contributed by atoms with Gasteiger partial charge in [0.25, 0.3) is 0 Å². The lowest BCUT2D eigenvalue weighted by molar-refractivity contribution is 0.766. The highest BCUT2D eigenvalue weighted by Crippen LogP contribution is 2.06. The molecule has 4 heteroatoms. The molecule has 1 N–H and O–H groups in total. The first kappa shape index (κ1) is 10.3. The zero-order valence-corrected chi connectivity index (χ0v) is 8.84. The number of hydrogen-bond acceptors (Lipinski definition) is 4. The van der Waals surface area contributed by atoms with Gasteiger partial charge in [0.2, 0.25) is 0 Å². The van der Waals surface area contributed by atoms with Crippen molar-refractivity contribution in [1.29, 1.82) is 0 Å². The van der Waals surface area contributed by atoms with Gasteiger partial charge in [-0.05, 0) is 31.4 Å². The molecule has 0 aliphatic heterocycles. The quantitative estimate of drug-likeness (QED) is 0.783. The van der Waals surface area contributed by atoms with Crippen molar-refractivity contribution >= 4 is 17.6 Å². The van der Waals surface area contributed by atoms with Crippen molar-refractivity contribution in [2.75, 3.05) is 17.3 Å². The van der Waals surface area contributed by atoms with Crippen LogP contribution in [0.15, 0.2) is 18.6 Å². The fraction of sp³-hybridized carbons (Fsp3) is 0.556. The van der Waals surface area contributed by atoms with Crippen LogP contribution >= 0.6 is 11.8 Å². The van der Waals surface area contributed by atoms with E-state index in [1.165, 1.54) is 5.75 Å². The fourth-order valence-electron chi connectivity index (χ4n) is 0.995. The van der Waals surface area contributed by atoms with Gasteiger partial charge in [0.15, 0.2) is 0 Å².